The van der Waals surface area contributed by atoms with Crippen LogP contribution in [0.1, 0.15) is 49.9 Å². The molecule has 0 aliphatic carbocycles. The molecular weight excluding hydrogens is 284 g/mol. The molecule has 0 spiro atoms. The normalized spacial score (nSPS) is 19.5. The average Bonchev–Trinajstić information content (AvgIpc) is 2.54. The number of carboxylic acid groups (broad SMARTS) is 1. The van der Waals surface area contributed by atoms with Crippen molar-refractivity contribution in [3.63, 3.8) is 0 Å². The second-order valence-electron chi connectivity index (χ2n) is 5.57. The van der Waals surface area contributed by atoms with E-state index in [9.17, 15) is 14.7 Å². The van der Waals surface area contributed by atoms with Gasteiger partial charge < -0.3 is 14.7 Å². The Hall–Kier alpha value is -2.11. The van der Waals surface area contributed by atoms with Crippen LogP contribution in [0.5, 0.6) is 5.88 Å². The minimum atomic E-state index is -0.946. The number of ether oxygens (including phenoxy) is 1. The van der Waals surface area contributed by atoms with Crippen molar-refractivity contribution in [3.8, 4) is 5.88 Å². The average molecular weight is 306 g/mol. The number of nitrogens with zero attached hydrogens (tertiary/aromatic N) is 2. The molecule has 2 rings (SSSR count). The first-order valence-corrected chi connectivity index (χ1v) is 7.69. The van der Waals surface area contributed by atoms with Gasteiger partial charge in [-0.3, -0.25) is 4.79 Å². The molecular formula is C16H22N2O4. The Morgan fingerprint density at radius 3 is 2.95 bits per heavy atom. The fourth-order valence-corrected chi connectivity index (χ4v) is 2.49. The van der Waals surface area contributed by atoms with Gasteiger partial charge in [-0.1, -0.05) is 6.92 Å². The van der Waals surface area contributed by atoms with Gasteiger partial charge in [0.05, 0.1) is 6.10 Å². The largest absolute Gasteiger partial charge is 0.480 e. The van der Waals surface area contributed by atoms with Crippen LogP contribution in [0.2, 0.25) is 0 Å². The number of carbonyl (C=O) groups excluding carboxylic acids is 1. The van der Waals surface area contributed by atoms with Crippen molar-refractivity contribution < 1.29 is 19.4 Å². The van der Waals surface area contributed by atoms with E-state index in [2.05, 4.69) is 4.98 Å². The molecule has 0 saturated carbocycles. The van der Waals surface area contributed by atoms with Crippen molar-refractivity contribution in [2.24, 2.45) is 0 Å². The number of rotatable bonds is 5. The highest BCUT2D eigenvalue weighted by molar-refractivity contribution is 5.96. The quantitative estimate of drug-likeness (QED) is 0.903. The summed E-state index contributed by atoms with van der Waals surface area (Å²) < 4.78 is 5.62. The van der Waals surface area contributed by atoms with E-state index in [1.165, 1.54) is 11.1 Å². The number of carbonyl (C=O) groups is 2. The zero-order chi connectivity index (χ0) is 16.1. The van der Waals surface area contributed by atoms with Crippen LogP contribution in [0.15, 0.2) is 18.3 Å². The number of likely N-dealkylation sites (tertiary alicyclic amines) is 1. The van der Waals surface area contributed by atoms with Gasteiger partial charge in [-0.15, -0.1) is 0 Å². The van der Waals surface area contributed by atoms with Gasteiger partial charge in [0.2, 0.25) is 5.88 Å². The molecule has 1 fully saturated rings. The lowest BCUT2D eigenvalue weighted by atomic mass is 10.0. The summed E-state index contributed by atoms with van der Waals surface area (Å²) in [6, 6.07) is 2.44. The van der Waals surface area contributed by atoms with Crippen molar-refractivity contribution >= 4 is 11.9 Å². The lowest BCUT2D eigenvalue weighted by Gasteiger charge is -2.33. The Labute approximate surface area is 130 Å². The second-order valence-corrected chi connectivity index (χ2v) is 5.57. The maximum absolute atomic E-state index is 12.6. The van der Waals surface area contributed by atoms with E-state index in [-0.39, 0.29) is 12.0 Å². The van der Waals surface area contributed by atoms with Gasteiger partial charge in [0.1, 0.15) is 6.04 Å². The standard InChI is InChI=1S/C16H22N2O4/c1-3-11(2)22-14-10-12(7-8-17-14)15(19)18-9-5-4-6-13(18)16(20)21/h7-8,10-11,13H,3-6,9H2,1-2H3,(H,20,21). The number of piperidine rings is 1. The highest BCUT2D eigenvalue weighted by Gasteiger charge is 2.32. The first-order valence-electron chi connectivity index (χ1n) is 7.69. The summed E-state index contributed by atoms with van der Waals surface area (Å²) in [7, 11) is 0. The topological polar surface area (TPSA) is 79.7 Å². The number of aliphatic carboxylic acids is 1. The molecule has 1 aliphatic rings. The van der Waals surface area contributed by atoms with Gasteiger partial charge >= 0.3 is 5.97 Å². The molecule has 6 heteroatoms. The van der Waals surface area contributed by atoms with Crippen LogP contribution in [-0.2, 0) is 4.79 Å². The van der Waals surface area contributed by atoms with E-state index >= 15 is 0 Å². The van der Waals surface area contributed by atoms with Crippen LogP contribution in [0.25, 0.3) is 0 Å². The molecule has 1 aromatic heterocycles. The molecule has 2 heterocycles. The Kier molecular flexibility index (Phi) is 5.35. The van der Waals surface area contributed by atoms with Crippen LogP contribution < -0.4 is 4.74 Å². The zero-order valence-corrected chi connectivity index (χ0v) is 13.0. The lowest BCUT2D eigenvalue weighted by Crippen LogP contribution is -2.48. The van der Waals surface area contributed by atoms with Crippen molar-refractivity contribution in [2.45, 2.75) is 51.7 Å². The molecule has 6 nitrogen and oxygen atoms in total. The molecule has 2 unspecified atom stereocenters. The van der Waals surface area contributed by atoms with Crippen molar-refractivity contribution in [3.05, 3.63) is 23.9 Å². The number of carboxylic acids is 1. The zero-order valence-electron chi connectivity index (χ0n) is 13.0. The maximum atomic E-state index is 12.6. The maximum Gasteiger partial charge on any atom is 0.326 e. The van der Waals surface area contributed by atoms with E-state index in [0.29, 0.717) is 24.4 Å². The van der Waals surface area contributed by atoms with Gasteiger partial charge in [0, 0.05) is 24.4 Å². The Balaban J connectivity index is 2.17. The summed E-state index contributed by atoms with van der Waals surface area (Å²) in [5.74, 6) is -0.828. The minimum absolute atomic E-state index is 0.0135. The molecule has 22 heavy (non-hydrogen) atoms. The highest BCUT2D eigenvalue weighted by Crippen LogP contribution is 2.21. The summed E-state index contributed by atoms with van der Waals surface area (Å²) in [5, 5.41) is 9.28. The molecule has 1 aromatic rings. The molecule has 1 saturated heterocycles. The van der Waals surface area contributed by atoms with E-state index in [4.69, 9.17) is 4.74 Å². The molecule has 120 valence electrons. The first kappa shape index (κ1) is 16.3. The first-order chi connectivity index (χ1) is 10.5. The number of pyridine rings is 1. The fraction of sp³-hybridized carbons (Fsp3) is 0.562. The molecule has 2 atom stereocenters. The number of hydrogen-bond acceptors (Lipinski definition) is 4. The number of amides is 1. The van der Waals surface area contributed by atoms with Crippen LogP contribution in [0.4, 0.5) is 0 Å². The van der Waals surface area contributed by atoms with E-state index in [1.807, 2.05) is 13.8 Å². The monoisotopic (exact) mass is 306 g/mol. The van der Waals surface area contributed by atoms with Crippen LogP contribution in [0, 0.1) is 0 Å². The van der Waals surface area contributed by atoms with Gasteiger partial charge in [0.15, 0.2) is 0 Å². The summed E-state index contributed by atoms with van der Waals surface area (Å²) in [6.07, 6.45) is 4.54. The molecule has 0 radical (unpaired) electrons. The van der Waals surface area contributed by atoms with Crippen LogP contribution in [0.3, 0.4) is 0 Å². The number of aromatic nitrogens is 1. The fourth-order valence-electron chi connectivity index (χ4n) is 2.49. The molecule has 1 aliphatic heterocycles. The van der Waals surface area contributed by atoms with Crippen molar-refractivity contribution in [1.82, 2.24) is 9.88 Å². The summed E-state index contributed by atoms with van der Waals surface area (Å²) in [4.78, 5) is 29.5. The van der Waals surface area contributed by atoms with E-state index in [0.717, 1.165) is 19.3 Å². The third-order valence-electron chi connectivity index (χ3n) is 3.93. The van der Waals surface area contributed by atoms with Crippen LogP contribution >= 0.6 is 0 Å². The third-order valence-corrected chi connectivity index (χ3v) is 3.93. The lowest BCUT2D eigenvalue weighted by molar-refractivity contribution is -0.143. The summed E-state index contributed by atoms with van der Waals surface area (Å²) in [6.45, 7) is 4.41. The smallest absolute Gasteiger partial charge is 0.326 e. The molecule has 0 aromatic carbocycles. The SMILES string of the molecule is CCC(C)Oc1cc(C(=O)N2CCCCC2C(=O)O)ccn1. The summed E-state index contributed by atoms with van der Waals surface area (Å²) in [5.41, 5.74) is 0.418. The van der Waals surface area contributed by atoms with E-state index in [1.54, 1.807) is 12.1 Å². The number of hydrogen-bond donors (Lipinski definition) is 1. The van der Waals surface area contributed by atoms with Gasteiger partial charge in [-0.05, 0) is 38.7 Å². The van der Waals surface area contributed by atoms with E-state index < -0.39 is 12.0 Å². The van der Waals surface area contributed by atoms with Crippen molar-refractivity contribution in [1.29, 1.82) is 0 Å². The second kappa shape index (κ2) is 7.24. The van der Waals surface area contributed by atoms with Gasteiger partial charge in [-0.25, -0.2) is 9.78 Å². The third kappa shape index (κ3) is 3.75. The molecule has 0 bridgehead atoms. The van der Waals surface area contributed by atoms with Gasteiger partial charge in [0.25, 0.3) is 5.91 Å². The Morgan fingerprint density at radius 2 is 2.27 bits per heavy atom. The van der Waals surface area contributed by atoms with Crippen LogP contribution in [-0.4, -0.2) is 45.6 Å². The van der Waals surface area contributed by atoms with Gasteiger partial charge in [-0.2, -0.15) is 0 Å². The van der Waals surface area contributed by atoms with Crippen molar-refractivity contribution in [2.75, 3.05) is 6.54 Å². The highest BCUT2D eigenvalue weighted by atomic mass is 16.5. The molecule has 1 N–H and O–H groups in total. The Bertz CT molecular complexity index is 547. The minimum Gasteiger partial charge on any atom is -0.480 e. The summed E-state index contributed by atoms with van der Waals surface area (Å²) >= 11 is 0. The predicted molar refractivity (Wildman–Crippen MR) is 80.9 cm³/mol. The predicted octanol–water partition coefficient (Wildman–Crippen LogP) is 2.34. The Morgan fingerprint density at radius 1 is 1.50 bits per heavy atom. The molecule has 1 amide bonds.